The molecule has 0 aliphatic rings. The van der Waals surface area contributed by atoms with Crippen LogP contribution in [-0.4, -0.2) is 20.7 Å². The zero-order chi connectivity index (χ0) is 16.2. The molecular formula is C18H21NO2S. The van der Waals surface area contributed by atoms with Crippen LogP contribution < -0.4 is 5.73 Å². The molecule has 0 aliphatic carbocycles. The molecule has 2 rings (SSSR count). The molecule has 116 valence electrons. The molecule has 0 heterocycles. The number of aryl methyl sites for hydroxylation is 2. The van der Waals surface area contributed by atoms with Crippen molar-refractivity contribution < 1.29 is 8.42 Å². The summed E-state index contributed by atoms with van der Waals surface area (Å²) in [4.78, 5) is 0.321. The summed E-state index contributed by atoms with van der Waals surface area (Å²) in [5, 5.41) is 0. The van der Waals surface area contributed by atoms with E-state index in [1.165, 1.54) is 11.1 Å². The van der Waals surface area contributed by atoms with Gasteiger partial charge in [-0.3, -0.25) is 0 Å². The zero-order valence-corrected chi connectivity index (χ0v) is 13.7. The van der Waals surface area contributed by atoms with E-state index in [-0.39, 0.29) is 12.3 Å². The summed E-state index contributed by atoms with van der Waals surface area (Å²) in [5.41, 5.74) is 9.79. The summed E-state index contributed by atoms with van der Waals surface area (Å²) in [7, 11) is -3.29. The average molecular weight is 315 g/mol. The van der Waals surface area contributed by atoms with Gasteiger partial charge in [-0.25, -0.2) is 8.42 Å². The van der Waals surface area contributed by atoms with Crippen LogP contribution in [0, 0.1) is 13.8 Å². The monoisotopic (exact) mass is 315 g/mol. The summed E-state index contributed by atoms with van der Waals surface area (Å²) in [6.07, 6.45) is 3.97. The highest BCUT2D eigenvalue weighted by Crippen LogP contribution is 2.19. The number of hydrogen-bond acceptors (Lipinski definition) is 3. The lowest BCUT2D eigenvalue weighted by Crippen LogP contribution is -2.15. The Morgan fingerprint density at radius 2 is 1.64 bits per heavy atom. The Morgan fingerprint density at radius 1 is 1.00 bits per heavy atom. The predicted octanol–water partition coefficient (Wildman–Crippen LogP) is 3.21. The number of sulfone groups is 1. The smallest absolute Gasteiger partial charge is 0.179 e. The molecular weight excluding hydrogens is 294 g/mol. The summed E-state index contributed by atoms with van der Waals surface area (Å²) in [6.45, 7) is 4.26. The largest absolute Gasteiger partial charge is 0.329 e. The molecule has 3 nitrogen and oxygen atoms in total. The molecule has 2 N–H and O–H groups in total. The van der Waals surface area contributed by atoms with E-state index in [0.717, 1.165) is 11.1 Å². The summed E-state index contributed by atoms with van der Waals surface area (Å²) < 4.78 is 24.1. The third kappa shape index (κ3) is 3.84. The topological polar surface area (TPSA) is 60.2 Å². The average Bonchev–Trinajstić information content (AvgIpc) is 2.47. The van der Waals surface area contributed by atoms with Crippen LogP contribution in [0.4, 0.5) is 0 Å². The summed E-state index contributed by atoms with van der Waals surface area (Å²) >= 11 is 0. The van der Waals surface area contributed by atoms with Gasteiger partial charge < -0.3 is 5.73 Å². The van der Waals surface area contributed by atoms with Crippen LogP contribution in [0.5, 0.6) is 0 Å². The molecule has 2 aromatic carbocycles. The fourth-order valence-corrected chi connectivity index (χ4v) is 3.50. The van der Waals surface area contributed by atoms with E-state index in [1.54, 1.807) is 18.2 Å². The highest BCUT2D eigenvalue weighted by molar-refractivity contribution is 7.91. The highest BCUT2D eigenvalue weighted by atomic mass is 32.2. The van der Waals surface area contributed by atoms with Gasteiger partial charge in [0.15, 0.2) is 9.84 Å². The fourth-order valence-electron chi connectivity index (χ4n) is 2.35. The molecule has 0 aliphatic heterocycles. The van der Waals surface area contributed by atoms with Crippen LogP contribution in [0.3, 0.4) is 0 Å². The second-order valence-corrected chi connectivity index (χ2v) is 7.43. The van der Waals surface area contributed by atoms with Crippen LogP contribution in [-0.2, 0) is 9.84 Å². The van der Waals surface area contributed by atoms with Gasteiger partial charge in [0.25, 0.3) is 0 Å². The van der Waals surface area contributed by atoms with Gasteiger partial charge >= 0.3 is 0 Å². The predicted molar refractivity (Wildman–Crippen MR) is 92.4 cm³/mol. The molecule has 2 aromatic rings. The van der Waals surface area contributed by atoms with Gasteiger partial charge in [0.2, 0.25) is 0 Å². The zero-order valence-electron chi connectivity index (χ0n) is 12.9. The second-order valence-electron chi connectivity index (χ2n) is 5.32. The normalized spacial score (nSPS) is 12.0. The SMILES string of the molecule is Cc1cccc(C)c1/C=C/c1cccc(S(=O)(=O)CCN)c1. The fraction of sp³-hybridized carbons (Fsp3) is 0.222. The van der Waals surface area contributed by atoms with Crippen LogP contribution in [0.2, 0.25) is 0 Å². The number of hydrogen-bond donors (Lipinski definition) is 1. The van der Waals surface area contributed by atoms with Crippen LogP contribution in [0.25, 0.3) is 12.2 Å². The van der Waals surface area contributed by atoms with Crippen molar-refractivity contribution in [2.75, 3.05) is 12.3 Å². The van der Waals surface area contributed by atoms with Gasteiger partial charge in [-0.1, -0.05) is 42.5 Å². The molecule has 0 amide bonds. The molecule has 4 heteroatoms. The Kier molecular flexibility index (Phi) is 5.16. The van der Waals surface area contributed by atoms with Crippen LogP contribution >= 0.6 is 0 Å². The van der Waals surface area contributed by atoms with Crippen LogP contribution in [0.15, 0.2) is 47.4 Å². The van der Waals surface area contributed by atoms with Crippen molar-refractivity contribution in [1.29, 1.82) is 0 Å². The van der Waals surface area contributed by atoms with Crippen molar-refractivity contribution >= 4 is 22.0 Å². The minimum Gasteiger partial charge on any atom is -0.329 e. The second kappa shape index (κ2) is 6.90. The molecule has 0 aromatic heterocycles. The Labute approximate surface area is 132 Å². The van der Waals surface area contributed by atoms with Crippen LogP contribution in [0.1, 0.15) is 22.3 Å². The van der Waals surface area contributed by atoms with Gasteiger partial charge in [0.05, 0.1) is 10.6 Å². The van der Waals surface area contributed by atoms with Crippen molar-refractivity contribution in [2.24, 2.45) is 5.73 Å². The van der Waals surface area contributed by atoms with Crippen molar-refractivity contribution in [2.45, 2.75) is 18.7 Å². The Balaban J connectivity index is 2.34. The number of nitrogens with two attached hydrogens (primary N) is 1. The first-order chi connectivity index (χ1) is 10.4. The van der Waals surface area contributed by atoms with Crippen molar-refractivity contribution in [3.8, 4) is 0 Å². The standard InChI is InChI=1S/C18H21NO2S/c1-14-5-3-6-15(2)18(14)10-9-16-7-4-8-17(13-16)22(20,21)12-11-19/h3-10,13H,11-12,19H2,1-2H3/b10-9+. The van der Waals surface area contributed by atoms with E-state index in [1.807, 2.05) is 24.3 Å². The maximum Gasteiger partial charge on any atom is 0.179 e. The van der Waals surface area contributed by atoms with Gasteiger partial charge in [-0.2, -0.15) is 0 Å². The lowest BCUT2D eigenvalue weighted by atomic mass is 10.0. The summed E-state index contributed by atoms with van der Waals surface area (Å²) in [6, 6.07) is 13.1. The highest BCUT2D eigenvalue weighted by Gasteiger charge is 2.12. The first kappa shape index (κ1) is 16.5. The molecule has 0 atom stereocenters. The Morgan fingerprint density at radius 3 is 2.27 bits per heavy atom. The van der Waals surface area contributed by atoms with E-state index in [2.05, 4.69) is 26.0 Å². The lowest BCUT2D eigenvalue weighted by Gasteiger charge is -2.05. The molecule has 0 unspecified atom stereocenters. The molecule has 0 saturated carbocycles. The number of rotatable bonds is 5. The van der Waals surface area contributed by atoms with E-state index >= 15 is 0 Å². The van der Waals surface area contributed by atoms with Gasteiger partial charge in [0.1, 0.15) is 0 Å². The molecule has 0 bridgehead atoms. The van der Waals surface area contributed by atoms with E-state index in [0.29, 0.717) is 4.90 Å². The van der Waals surface area contributed by atoms with Crippen molar-refractivity contribution in [3.05, 3.63) is 64.7 Å². The van der Waals surface area contributed by atoms with Crippen molar-refractivity contribution in [1.82, 2.24) is 0 Å². The molecule has 0 fully saturated rings. The van der Waals surface area contributed by atoms with E-state index in [4.69, 9.17) is 5.73 Å². The Bertz CT molecular complexity index is 772. The van der Waals surface area contributed by atoms with E-state index < -0.39 is 9.84 Å². The molecule has 22 heavy (non-hydrogen) atoms. The van der Waals surface area contributed by atoms with Gasteiger partial charge in [-0.05, 0) is 48.2 Å². The molecule has 0 radical (unpaired) electrons. The maximum absolute atomic E-state index is 12.1. The third-order valence-electron chi connectivity index (χ3n) is 3.59. The van der Waals surface area contributed by atoms with Gasteiger partial charge in [-0.15, -0.1) is 0 Å². The summed E-state index contributed by atoms with van der Waals surface area (Å²) in [5.74, 6) is -0.0307. The van der Waals surface area contributed by atoms with Gasteiger partial charge in [0, 0.05) is 6.54 Å². The minimum absolute atomic E-state index is 0.0307. The first-order valence-corrected chi connectivity index (χ1v) is 8.86. The van der Waals surface area contributed by atoms with E-state index in [9.17, 15) is 8.42 Å². The molecule has 0 saturated heterocycles. The molecule has 0 spiro atoms. The van der Waals surface area contributed by atoms with Crippen molar-refractivity contribution in [3.63, 3.8) is 0 Å². The quantitative estimate of drug-likeness (QED) is 0.862. The Hall–Kier alpha value is -1.91. The maximum atomic E-state index is 12.1. The minimum atomic E-state index is -3.29. The lowest BCUT2D eigenvalue weighted by molar-refractivity contribution is 0.596. The number of benzene rings is 2. The first-order valence-electron chi connectivity index (χ1n) is 7.21. The third-order valence-corrected chi connectivity index (χ3v) is 5.33.